The molecular formula is C23H20N2O5S. The summed E-state index contributed by atoms with van der Waals surface area (Å²) in [5, 5.41) is 4.99. The number of carbonyl (C=O) groups is 2. The fraction of sp³-hybridized carbons (Fsp3) is 0.130. The van der Waals surface area contributed by atoms with Crippen LogP contribution in [0.3, 0.4) is 0 Å². The number of carbonyl (C=O) groups excluding carboxylic acids is 2. The second kappa shape index (κ2) is 8.53. The first kappa shape index (κ1) is 20.5. The van der Waals surface area contributed by atoms with Crippen LogP contribution < -0.4 is 24.4 Å². The molecule has 158 valence electrons. The normalized spacial score (nSPS) is 13.6. The molecule has 1 aromatic heterocycles. The zero-order chi connectivity index (χ0) is 22.0. The van der Waals surface area contributed by atoms with Crippen molar-refractivity contribution in [3.8, 4) is 17.2 Å². The van der Waals surface area contributed by atoms with Gasteiger partial charge in [-0.3, -0.25) is 9.59 Å². The first-order valence-electron chi connectivity index (χ1n) is 9.37. The number of benzene rings is 2. The molecule has 4 rings (SSSR count). The quantitative estimate of drug-likeness (QED) is 0.560. The molecular weight excluding hydrogens is 416 g/mol. The third-order valence-electron chi connectivity index (χ3n) is 4.84. The molecule has 0 saturated carbocycles. The van der Waals surface area contributed by atoms with Gasteiger partial charge >= 0.3 is 0 Å². The number of hydrogen-bond donors (Lipinski definition) is 1. The third kappa shape index (κ3) is 3.73. The van der Waals surface area contributed by atoms with Gasteiger partial charge in [-0.15, -0.1) is 11.3 Å². The van der Waals surface area contributed by atoms with Crippen molar-refractivity contribution in [3.05, 3.63) is 70.6 Å². The summed E-state index contributed by atoms with van der Waals surface area (Å²) in [6.45, 7) is 0. The molecule has 1 aliphatic heterocycles. The Morgan fingerprint density at radius 3 is 2.16 bits per heavy atom. The lowest BCUT2D eigenvalue weighted by molar-refractivity contribution is -0.120. The van der Waals surface area contributed by atoms with Crippen LogP contribution in [-0.2, 0) is 9.59 Å². The minimum absolute atomic E-state index is 0.204. The molecule has 0 atom stereocenters. The number of anilines is 2. The molecule has 0 aliphatic carbocycles. The van der Waals surface area contributed by atoms with Crippen molar-refractivity contribution in [1.82, 2.24) is 0 Å². The van der Waals surface area contributed by atoms with E-state index in [1.165, 1.54) is 25.6 Å². The zero-order valence-corrected chi connectivity index (χ0v) is 18.0. The molecule has 8 heteroatoms. The van der Waals surface area contributed by atoms with E-state index < -0.39 is 11.8 Å². The molecule has 0 radical (unpaired) electrons. The summed E-state index contributed by atoms with van der Waals surface area (Å²) in [7, 11) is 4.60. The Balaban J connectivity index is 1.78. The average Bonchev–Trinajstić information content (AvgIpc) is 3.40. The van der Waals surface area contributed by atoms with Crippen molar-refractivity contribution in [3.63, 3.8) is 0 Å². The van der Waals surface area contributed by atoms with Gasteiger partial charge in [0.15, 0.2) is 0 Å². The van der Waals surface area contributed by atoms with E-state index in [2.05, 4.69) is 5.32 Å². The maximum Gasteiger partial charge on any atom is 0.282 e. The smallest absolute Gasteiger partial charge is 0.282 e. The first-order chi connectivity index (χ1) is 15.1. The Hall–Kier alpha value is -3.78. The van der Waals surface area contributed by atoms with Gasteiger partial charge in [0.2, 0.25) is 0 Å². The highest BCUT2D eigenvalue weighted by atomic mass is 32.1. The molecule has 0 saturated heterocycles. The van der Waals surface area contributed by atoms with Gasteiger partial charge in [0, 0.05) is 16.6 Å². The minimum atomic E-state index is -0.465. The van der Waals surface area contributed by atoms with E-state index >= 15 is 0 Å². The first-order valence-corrected chi connectivity index (χ1v) is 10.3. The Bertz CT molecular complexity index is 1150. The molecule has 2 heterocycles. The number of amides is 2. The van der Waals surface area contributed by atoms with Crippen LogP contribution in [0.1, 0.15) is 4.88 Å². The summed E-state index contributed by atoms with van der Waals surface area (Å²) in [6, 6.07) is 15.7. The molecule has 31 heavy (non-hydrogen) atoms. The van der Waals surface area contributed by atoms with Crippen LogP contribution in [-0.4, -0.2) is 33.1 Å². The van der Waals surface area contributed by atoms with Gasteiger partial charge < -0.3 is 19.5 Å². The summed E-state index contributed by atoms with van der Waals surface area (Å²) in [5.74, 6) is 0.719. The van der Waals surface area contributed by atoms with E-state index in [0.717, 1.165) is 4.90 Å². The van der Waals surface area contributed by atoms with Gasteiger partial charge in [-0.1, -0.05) is 6.07 Å². The lowest BCUT2D eigenvalue weighted by Crippen LogP contribution is -2.32. The van der Waals surface area contributed by atoms with E-state index in [9.17, 15) is 9.59 Å². The predicted molar refractivity (Wildman–Crippen MR) is 120 cm³/mol. The topological polar surface area (TPSA) is 77.1 Å². The van der Waals surface area contributed by atoms with Gasteiger partial charge in [-0.2, -0.15) is 0 Å². The molecule has 2 aromatic carbocycles. The molecule has 0 unspecified atom stereocenters. The Morgan fingerprint density at radius 2 is 1.55 bits per heavy atom. The Kier molecular flexibility index (Phi) is 5.64. The van der Waals surface area contributed by atoms with Crippen molar-refractivity contribution < 1.29 is 23.8 Å². The predicted octanol–water partition coefficient (Wildman–Crippen LogP) is 4.17. The standard InChI is InChI=1S/C23H20N2O5S/c1-28-15-8-6-14(7-9-15)24-21-20(19-5-4-12-31-19)22(26)25(23(21)27)17-11-10-16(29-2)13-18(17)30-3/h4-13,24H,1-3H3. The van der Waals surface area contributed by atoms with Gasteiger partial charge in [0.25, 0.3) is 11.8 Å². The van der Waals surface area contributed by atoms with E-state index in [-0.39, 0.29) is 5.70 Å². The molecule has 2 amide bonds. The number of nitrogens with zero attached hydrogens (tertiary/aromatic N) is 1. The van der Waals surface area contributed by atoms with E-state index in [1.54, 1.807) is 49.6 Å². The summed E-state index contributed by atoms with van der Waals surface area (Å²) in [5.41, 5.74) is 1.53. The van der Waals surface area contributed by atoms with Crippen LogP contribution >= 0.6 is 11.3 Å². The number of imide groups is 1. The molecule has 3 aromatic rings. The van der Waals surface area contributed by atoms with E-state index in [4.69, 9.17) is 14.2 Å². The van der Waals surface area contributed by atoms with Crippen molar-refractivity contribution >= 4 is 40.1 Å². The monoisotopic (exact) mass is 436 g/mol. The third-order valence-corrected chi connectivity index (χ3v) is 5.73. The average molecular weight is 436 g/mol. The number of methoxy groups -OCH3 is 3. The summed E-state index contributed by atoms with van der Waals surface area (Å²) in [4.78, 5) is 28.7. The maximum absolute atomic E-state index is 13.4. The molecule has 7 nitrogen and oxygen atoms in total. The van der Waals surface area contributed by atoms with Crippen molar-refractivity contribution in [2.75, 3.05) is 31.5 Å². The van der Waals surface area contributed by atoms with Crippen LogP contribution in [0.2, 0.25) is 0 Å². The van der Waals surface area contributed by atoms with Crippen LogP contribution in [0, 0.1) is 0 Å². The van der Waals surface area contributed by atoms with Crippen molar-refractivity contribution in [1.29, 1.82) is 0 Å². The van der Waals surface area contributed by atoms with Crippen molar-refractivity contribution in [2.45, 2.75) is 0 Å². The maximum atomic E-state index is 13.4. The summed E-state index contributed by atoms with van der Waals surface area (Å²) >= 11 is 1.39. The zero-order valence-electron chi connectivity index (χ0n) is 17.2. The highest BCUT2D eigenvalue weighted by Gasteiger charge is 2.42. The number of thiophene rings is 1. The van der Waals surface area contributed by atoms with Gasteiger partial charge in [-0.25, -0.2) is 4.90 Å². The molecule has 0 bridgehead atoms. The van der Waals surface area contributed by atoms with Crippen LogP contribution in [0.25, 0.3) is 5.57 Å². The molecule has 1 N–H and O–H groups in total. The largest absolute Gasteiger partial charge is 0.497 e. The summed E-state index contributed by atoms with van der Waals surface area (Å²) < 4.78 is 15.8. The number of rotatable bonds is 7. The summed E-state index contributed by atoms with van der Waals surface area (Å²) in [6.07, 6.45) is 0. The van der Waals surface area contributed by atoms with Gasteiger partial charge in [0.1, 0.15) is 22.9 Å². The lowest BCUT2D eigenvalue weighted by atomic mass is 10.2. The van der Waals surface area contributed by atoms with Gasteiger partial charge in [0.05, 0.1) is 32.6 Å². The SMILES string of the molecule is COc1ccc(NC2=C(c3cccs3)C(=O)N(c3ccc(OC)cc3OC)C2=O)cc1. The highest BCUT2D eigenvalue weighted by Crippen LogP contribution is 2.40. The highest BCUT2D eigenvalue weighted by molar-refractivity contribution is 7.11. The lowest BCUT2D eigenvalue weighted by Gasteiger charge is -2.19. The second-order valence-electron chi connectivity index (χ2n) is 6.56. The van der Waals surface area contributed by atoms with Crippen LogP contribution in [0.4, 0.5) is 11.4 Å². The van der Waals surface area contributed by atoms with Crippen LogP contribution in [0.15, 0.2) is 65.7 Å². The number of hydrogen-bond acceptors (Lipinski definition) is 7. The van der Waals surface area contributed by atoms with Gasteiger partial charge in [-0.05, 0) is 47.8 Å². The molecule has 0 fully saturated rings. The fourth-order valence-corrected chi connectivity index (χ4v) is 4.07. The fourth-order valence-electron chi connectivity index (χ4n) is 3.30. The number of nitrogens with one attached hydrogen (secondary N) is 1. The Labute approximate surface area is 183 Å². The van der Waals surface area contributed by atoms with Crippen LogP contribution in [0.5, 0.6) is 17.2 Å². The Morgan fingerprint density at radius 1 is 0.839 bits per heavy atom. The van der Waals surface area contributed by atoms with Crippen molar-refractivity contribution in [2.24, 2.45) is 0 Å². The second-order valence-corrected chi connectivity index (χ2v) is 7.51. The molecule has 0 spiro atoms. The minimum Gasteiger partial charge on any atom is -0.497 e. The number of ether oxygens (including phenoxy) is 3. The molecule has 1 aliphatic rings. The van der Waals surface area contributed by atoms with E-state index in [1.807, 2.05) is 17.5 Å². The van der Waals surface area contributed by atoms with E-state index in [0.29, 0.717) is 39.1 Å².